The Morgan fingerprint density at radius 2 is 1.78 bits per heavy atom. The zero-order valence-corrected chi connectivity index (χ0v) is 24.7. The van der Waals surface area contributed by atoms with E-state index in [0.29, 0.717) is 21.2 Å². The van der Waals surface area contributed by atoms with Gasteiger partial charge in [-0.1, -0.05) is 35.2 Å². The number of hydrogen-bond acceptors (Lipinski definition) is 9. The lowest BCUT2D eigenvalue weighted by atomic mass is 9.83. The molecular weight excluding hydrogens is 635 g/mol. The molecule has 6 rings (SSSR count). The molecule has 3 N–H and O–H groups in total. The third kappa shape index (κ3) is 5.76. The number of phenolic OH excluding ortho intramolecular Hbond substituents is 1. The summed E-state index contributed by atoms with van der Waals surface area (Å²) in [5.41, 5.74) is -0.256. The van der Waals surface area contributed by atoms with E-state index in [4.69, 9.17) is 9.47 Å². The van der Waals surface area contributed by atoms with Gasteiger partial charge in [-0.25, -0.2) is 4.90 Å². The fourth-order valence-electron chi connectivity index (χ4n) is 5.33. The van der Waals surface area contributed by atoms with Crippen molar-refractivity contribution in [3.05, 3.63) is 92.4 Å². The van der Waals surface area contributed by atoms with Crippen molar-refractivity contribution in [1.29, 1.82) is 0 Å². The molecule has 1 aromatic heterocycles. The Morgan fingerprint density at radius 1 is 1.02 bits per heavy atom. The van der Waals surface area contributed by atoms with Gasteiger partial charge in [-0.15, -0.1) is 0 Å². The number of H-pyrrole nitrogens is 1. The van der Waals surface area contributed by atoms with Crippen LogP contribution in [0.15, 0.2) is 76.6 Å². The van der Waals surface area contributed by atoms with Crippen molar-refractivity contribution >= 4 is 52.2 Å². The molecule has 1 saturated heterocycles. The first-order valence-electron chi connectivity index (χ1n) is 13.3. The number of aromatic hydroxyl groups is 1. The van der Waals surface area contributed by atoms with E-state index in [1.54, 1.807) is 12.1 Å². The second-order valence-corrected chi connectivity index (χ2v) is 12.3. The average molecular weight is 658 g/mol. The molecule has 10 nitrogen and oxygen atoms in total. The lowest BCUT2D eigenvalue weighted by Gasteiger charge is -2.30. The number of aromatic amines is 1. The number of thiazole rings is 1. The number of phenols is 1. The zero-order chi connectivity index (χ0) is 32.0. The number of fused-ring (bicyclic) bond motifs is 2. The van der Waals surface area contributed by atoms with Crippen molar-refractivity contribution in [3.8, 4) is 17.2 Å². The summed E-state index contributed by atoms with van der Waals surface area (Å²) >= 11 is 1.88. The lowest BCUT2D eigenvalue weighted by molar-refractivity contribution is -0.137. The molecule has 3 atom stereocenters. The van der Waals surface area contributed by atoms with E-state index in [1.165, 1.54) is 43.5 Å². The van der Waals surface area contributed by atoms with Crippen LogP contribution in [0.25, 0.3) is 0 Å². The Bertz CT molecular complexity index is 1870. The number of ether oxygens (including phenoxy) is 2. The zero-order valence-electron chi connectivity index (χ0n) is 23.1. The Kier molecular flexibility index (Phi) is 7.82. The van der Waals surface area contributed by atoms with Crippen LogP contribution in [-0.4, -0.2) is 46.8 Å². The van der Waals surface area contributed by atoms with E-state index in [0.717, 1.165) is 46.2 Å². The van der Waals surface area contributed by atoms with E-state index in [2.05, 4.69) is 10.3 Å². The fourth-order valence-corrected chi connectivity index (χ4v) is 7.85. The van der Waals surface area contributed by atoms with Crippen LogP contribution >= 0.6 is 23.1 Å². The molecule has 2 aliphatic heterocycles. The second-order valence-electron chi connectivity index (χ2n) is 10.1. The molecule has 0 radical (unpaired) electrons. The molecule has 0 unspecified atom stereocenters. The van der Waals surface area contributed by atoms with Crippen molar-refractivity contribution < 1.29 is 42.1 Å². The van der Waals surface area contributed by atoms with Gasteiger partial charge in [0.1, 0.15) is 11.0 Å². The summed E-state index contributed by atoms with van der Waals surface area (Å²) < 4.78 is 51.5. The molecule has 45 heavy (non-hydrogen) atoms. The van der Waals surface area contributed by atoms with Crippen LogP contribution in [0, 0.1) is 5.92 Å². The van der Waals surface area contributed by atoms with Gasteiger partial charge in [0.05, 0.1) is 29.3 Å². The first kappa shape index (κ1) is 30.3. The molecule has 0 aliphatic carbocycles. The topological polar surface area (TPSA) is 138 Å². The Balaban J connectivity index is 1.30. The SMILES string of the molecule is COc1cc([C@@H]2c3sc(=O)[nH]c3S[C@H]3C(=O)N(c4cccc(C(F)(F)F)c4)C(=O)[C@@H]23)ccc1OCC(=O)Nc1ccc(O)cc1. The molecule has 15 heteroatoms. The number of amides is 3. The van der Waals surface area contributed by atoms with Crippen molar-refractivity contribution in [2.75, 3.05) is 23.9 Å². The number of carbonyl (C=O) groups is 3. The molecular formula is C30H22F3N3O7S2. The van der Waals surface area contributed by atoms with E-state index in [-0.39, 0.29) is 29.5 Å². The molecule has 3 heterocycles. The average Bonchev–Trinajstić information content (AvgIpc) is 3.50. The maximum absolute atomic E-state index is 13.9. The van der Waals surface area contributed by atoms with Gasteiger partial charge >= 0.3 is 11.0 Å². The smallest absolute Gasteiger partial charge is 0.416 e. The highest BCUT2D eigenvalue weighted by Gasteiger charge is 2.56. The number of anilines is 2. The van der Waals surface area contributed by atoms with E-state index in [9.17, 15) is 37.5 Å². The first-order chi connectivity index (χ1) is 21.4. The minimum absolute atomic E-state index is 0.0445. The number of benzene rings is 3. The molecule has 232 valence electrons. The number of hydrogen-bond donors (Lipinski definition) is 3. The van der Waals surface area contributed by atoms with Crippen LogP contribution in [0.1, 0.15) is 21.9 Å². The molecule has 0 saturated carbocycles. The van der Waals surface area contributed by atoms with Crippen LogP contribution in [-0.2, 0) is 20.6 Å². The van der Waals surface area contributed by atoms with Gasteiger partial charge in [0.25, 0.3) is 5.91 Å². The summed E-state index contributed by atoms with van der Waals surface area (Å²) in [7, 11) is 1.38. The van der Waals surface area contributed by atoms with Crippen LogP contribution < -0.4 is 24.6 Å². The van der Waals surface area contributed by atoms with Crippen molar-refractivity contribution in [3.63, 3.8) is 0 Å². The number of aromatic nitrogens is 1. The van der Waals surface area contributed by atoms with Gasteiger partial charge in [-0.3, -0.25) is 19.2 Å². The van der Waals surface area contributed by atoms with Gasteiger partial charge in [0, 0.05) is 16.5 Å². The van der Waals surface area contributed by atoms with Crippen LogP contribution in [0.3, 0.4) is 0 Å². The predicted molar refractivity (Wildman–Crippen MR) is 159 cm³/mol. The minimum Gasteiger partial charge on any atom is -0.508 e. The number of thioether (sulfide) groups is 1. The normalized spacial score (nSPS) is 19.2. The third-order valence-electron chi connectivity index (χ3n) is 7.31. The second kappa shape index (κ2) is 11.6. The third-order valence-corrected chi connectivity index (χ3v) is 9.71. The number of nitrogens with zero attached hydrogens (tertiary/aromatic N) is 1. The number of rotatable bonds is 7. The highest BCUT2D eigenvalue weighted by atomic mass is 32.2. The van der Waals surface area contributed by atoms with E-state index < -0.39 is 51.4 Å². The van der Waals surface area contributed by atoms with Gasteiger partial charge in [0.15, 0.2) is 18.1 Å². The lowest BCUT2D eigenvalue weighted by Crippen LogP contribution is -2.32. The number of nitrogens with one attached hydrogen (secondary N) is 2. The van der Waals surface area contributed by atoms with Crippen LogP contribution in [0.5, 0.6) is 17.2 Å². The van der Waals surface area contributed by atoms with Gasteiger partial charge in [0.2, 0.25) is 11.8 Å². The maximum Gasteiger partial charge on any atom is 0.416 e. The van der Waals surface area contributed by atoms with E-state index >= 15 is 0 Å². The van der Waals surface area contributed by atoms with Crippen molar-refractivity contribution in [1.82, 2.24) is 4.98 Å². The van der Waals surface area contributed by atoms with Gasteiger partial charge < -0.3 is 24.9 Å². The van der Waals surface area contributed by atoms with E-state index in [1.807, 2.05) is 0 Å². The summed E-state index contributed by atoms with van der Waals surface area (Å²) in [5.74, 6) is -3.27. The summed E-state index contributed by atoms with van der Waals surface area (Å²) in [5, 5.41) is 11.4. The molecule has 0 spiro atoms. The number of imide groups is 1. The first-order valence-corrected chi connectivity index (χ1v) is 15.0. The standard InChI is InChI=1S/C30H22F3N3O7S2/c1-42-20-11-14(5-10-19(20)43-13-21(38)34-16-6-8-18(37)9-7-16)22-23-25(44-26-24(22)45-29(41)35-26)28(40)36(27(23)39)17-4-2-3-15(12-17)30(31,32)33/h2-12,22-23,25,37H,13H2,1H3,(H,34,38)(H,35,41)/t22-,23-,25+/m0/s1. The number of methoxy groups -OCH3 is 1. The quantitative estimate of drug-likeness (QED) is 0.187. The maximum atomic E-state index is 13.9. The number of carbonyl (C=O) groups excluding carboxylic acids is 3. The number of halogens is 3. The largest absolute Gasteiger partial charge is 0.508 e. The highest BCUT2D eigenvalue weighted by molar-refractivity contribution is 8.00. The van der Waals surface area contributed by atoms with Crippen LogP contribution in [0.2, 0.25) is 0 Å². The van der Waals surface area contributed by atoms with Gasteiger partial charge in [-0.05, 0) is 60.2 Å². The summed E-state index contributed by atoms with van der Waals surface area (Å²) in [6, 6.07) is 14.6. The number of alkyl halides is 3. The van der Waals surface area contributed by atoms with Crippen molar-refractivity contribution in [2.24, 2.45) is 5.92 Å². The molecule has 3 aromatic carbocycles. The molecule has 0 bridgehead atoms. The Morgan fingerprint density at radius 3 is 2.49 bits per heavy atom. The summed E-state index contributed by atoms with van der Waals surface area (Å²) in [4.78, 5) is 55.9. The highest BCUT2D eigenvalue weighted by Crippen LogP contribution is 2.54. The van der Waals surface area contributed by atoms with Crippen molar-refractivity contribution in [2.45, 2.75) is 22.4 Å². The Hall–Kier alpha value is -4.76. The summed E-state index contributed by atoms with van der Waals surface area (Å²) in [6.45, 7) is -0.385. The monoisotopic (exact) mass is 657 g/mol. The minimum atomic E-state index is -4.68. The fraction of sp³-hybridized carbons (Fsp3) is 0.200. The summed E-state index contributed by atoms with van der Waals surface area (Å²) in [6.07, 6.45) is -4.68. The molecule has 3 amide bonds. The predicted octanol–water partition coefficient (Wildman–Crippen LogP) is 4.98. The molecule has 2 aliphatic rings. The molecule has 1 fully saturated rings. The Labute approximate surface area is 260 Å². The molecule has 4 aromatic rings. The van der Waals surface area contributed by atoms with Gasteiger partial charge in [-0.2, -0.15) is 13.2 Å². The van der Waals surface area contributed by atoms with Crippen LogP contribution in [0.4, 0.5) is 24.5 Å².